The number of benzene rings is 1. The molecule has 1 heterocycles. The van der Waals surface area contributed by atoms with Crippen LogP contribution in [0.3, 0.4) is 0 Å². The highest BCUT2D eigenvalue weighted by Crippen LogP contribution is 2.18. The van der Waals surface area contributed by atoms with E-state index in [9.17, 15) is 14.4 Å². The molecule has 8 heteroatoms. The van der Waals surface area contributed by atoms with Crippen LogP contribution in [0.15, 0.2) is 24.3 Å². The van der Waals surface area contributed by atoms with Gasteiger partial charge in [0.15, 0.2) is 6.61 Å². The molecule has 154 valence electrons. The van der Waals surface area contributed by atoms with E-state index in [1.165, 1.54) is 0 Å². The summed E-state index contributed by atoms with van der Waals surface area (Å²) in [5.41, 5.74) is 0.187. The molecule has 1 N–H and O–H groups in total. The van der Waals surface area contributed by atoms with Gasteiger partial charge in [0.1, 0.15) is 11.4 Å². The number of rotatable bonds is 5. The number of carbonyl (C=O) groups excluding carboxylic acids is 2. The third-order valence-electron chi connectivity index (χ3n) is 4.22. The van der Waals surface area contributed by atoms with E-state index in [0.29, 0.717) is 25.4 Å². The van der Waals surface area contributed by atoms with Crippen molar-refractivity contribution in [3.63, 3.8) is 0 Å². The van der Waals surface area contributed by atoms with Crippen molar-refractivity contribution in [1.29, 1.82) is 0 Å². The molecular weight excluding hydrogens is 364 g/mol. The Morgan fingerprint density at radius 3 is 2.54 bits per heavy atom. The first kappa shape index (κ1) is 21.5. The predicted molar refractivity (Wildman–Crippen MR) is 102 cm³/mol. The summed E-state index contributed by atoms with van der Waals surface area (Å²) < 4.78 is 10.6. The molecule has 0 bridgehead atoms. The van der Waals surface area contributed by atoms with Gasteiger partial charge in [-0.05, 0) is 45.4 Å². The molecule has 0 radical (unpaired) electrons. The van der Waals surface area contributed by atoms with Gasteiger partial charge in [-0.2, -0.15) is 0 Å². The lowest BCUT2D eigenvalue weighted by Crippen LogP contribution is -2.56. The number of aliphatic carboxylic acids is 1. The zero-order valence-corrected chi connectivity index (χ0v) is 16.8. The Hall–Kier alpha value is -2.77. The number of carboxylic acid groups (broad SMARTS) is 1. The van der Waals surface area contributed by atoms with E-state index < -0.39 is 18.2 Å². The lowest BCUT2D eigenvalue weighted by molar-refractivity contribution is -0.139. The smallest absolute Gasteiger partial charge is 0.410 e. The minimum absolute atomic E-state index is 0.0499. The molecule has 1 aliphatic heterocycles. The first-order valence-electron chi connectivity index (χ1n) is 9.26. The summed E-state index contributed by atoms with van der Waals surface area (Å²) in [6, 6.07) is 6.70. The minimum atomic E-state index is -1.06. The van der Waals surface area contributed by atoms with Crippen LogP contribution < -0.4 is 4.74 Å². The highest BCUT2D eigenvalue weighted by Gasteiger charge is 2.32. The van der Waals surface area contributed by atoms with Gasteiger partial charge in [-0.3, -0.25) is 4.79 Å². The Kier molecular flexibility index (Phi) is 6.88. The SMILES string of the molecule is C[C@@H]1CN(C(=O)Cc2cccc(OCC(=O)O)c2)CCN1C(=O)OC(C)(C)C. The maximum absolute atomic E-state index is 12.7. The monoisotopic (exact) mass is 392 g/mol. The fraction of sp³-hybridized carbons (Fsp3) is 0.550. The summed E-state index contributed by atoms with van der Waals surface area (Å²) in [6.45, 7) is 8.23. The summed E-state index contributed by atoms with van der Waals surface area (Å²) in [4.78, 5) is 38.9. The Labute approximate surface area is 165 Å². The molecule has 1 aromatic rings. The van der Waals surface area contributed by atoms with Crippen LogP contribution in [0.5, 0.6) is 5.75 Å². The third-order valence-corrected chi connectivity index (χ3v) is 4.22. The zero-order chi connectivity index (χ0) is 20.9. The quantitative estimate of drug-likeness (QED) is 0.825. The molecule has 0 spiro atoms. The van der Waals surface area contributed by atoms with E-state index in [1.54, 1.807) is 34.1 Å². The van der Waals surface area contributed by atoms with E-state index in [-0.39, 0.29) is 24.5 Å². The van der Waals surface area contributed by atoms with Crippen LogP contribution in [-0.2, 0) is 20.7 Å². The van der Waals surface area contributed by atoms with E-state index >= 15 is 0 Å². The van der Waals surface area contributed by atoms with Crippen LogP contribution in [0.25, 0.3) is 0 Å². The number of amides is 2. The number of ether oxygens (including phenoxy) is 2. The van der Waals surface area contributed by atoms with Gasteiger partial charge in [0.2, 0.25) is 5.91 Å². The van der Waals surface area contributed by atoms with Crippen molar-refractivity contribution >= 4 is 18.0 Å². The average molecular weight is 392 g/mol. The van der Waals surface area contributed by atoms with Crippen molar-refractivity contribution in [3.8, 4) is 5.75 Å². The highest BCUT2D eigenvalue weighted by molar-refractivity contribution is 5.79. The second-order valence-corrected chi connectivity index (χ2v) is 7.87. The van der Waals surface area contributed by atoms with Crippen molar-refractivity contribution < 1.29 is 29.0 Å². The van der Waals surface area contributed by atoms with Crippen LogP contribution in [-0.4, -0.2) is 70.8 Å². The molecule has 28 heavy (non-hydrogen) atoms. The van der Waals surface area contributed by atoms with Crippen molar-refractivity contribution in [2.24, 2.45) is 0 Å². The van der Waals surface area contributed by atoms with Crippen molar-refractivity contribution in [3.05, 3.63) is 29.8 Å². The lowest BCUT2D eigenvalue weighted by Gasteiger charge is -2.40. The molecule has 1 saturated heterocycles. The molecule has 8 nitrogen and oxygen atoms in total. The maximum atomic E-state index is 12.7. The summed E-state index contributed by atoms with van der Waals surface area (Å²) in [6.07, 6.45) is -0.181. The second kappa shape index (κ2) is 8.95. The molecule has 2 amide bonds. The maximum Gasteiger partial charge on any atom is 0.410 e. The fourth-order valence-corrected chi connectivity index (χ4v) is 2.95. The van der Waals surface area contributed by atoms with E-state index in [1.807, 2.05) is 27.7 Å². The van der Waals surface area contributed by atoms with Gasteiger partial charge < -0.3 is 24.4 Å². The van der Waals surface area contributed by atoms with Gasteiger partial charge >= 0.3 is 12.1 Å². The van der Waals surface area contributed by atoms with Crippen LogP contribution in [0.2, 0.25) is 0 Å². The topological polar surface area (TPSA) is 96.4 Å². The third kappa shape index (κ3) is 6.44. The van der Waals surface area contributed by atoms with E-state index in [0.717, 1.165) is 5.56 Å². The van der Waals surface area contributed by atoms with E-state index in [4.69, 9.17) is 14.6 Å². The summed E-state index contributed by atoms with van der Waals surface area (Å²) in [5.74, 6) is -0.694. The molecule has 1 aliphatic rings. The summed E-state index contributed by atoms with van der Waals surface area (Å²) in [5, 5.41) is 8.68. The molecule has 0 aliphatic carbocycles. The van der Waals surface area contributed by atoms with E-state index in [2.05, 4.69) is 0 Å². The van der Waals surface area contributed by atoms with Crippen molar-refractivity contribution in [1.82, 2.24) is 9.80 Å². The molecule has 0 unspecified atom stereocenters. The number of hydrogen-bond acceptors (Lipinski definition) is 5. The lowest BCUT2D eigenvalue weighted by atomic mass is 10.1. The highest BCUT2D eigenvalue weighted by atomic mass is 16.6. The standard InChI is InChI=1S/C20H28N2O6/c1-14-12-21(8-9-22(14)19(26)28-20(2,3)4)17(23)11-15-6-5-7-16(10-15)27-13-18(24)25/h5-7,10,14H,8-9,11-13H2,1-4H3,(H,24,25)/t14-/m1/s1. The normalized spacial score (nSPS) is 17.2. The number of carbonyl (C=O) groups is 3. The van der Waals surface area contributed by atoms with Crippen LogP contribution in [0.4, 0.5) is 4.79 Å². The molecule has 0 aromatic heterocycles. The van der Waals surface area contributed by atoms with Gasteiger partial charge in [-0.15, -0.1) is 0 Å². The fourth-order valence-electron chi connectivity index (χ4n) is 2.95. The Bertz CT molecular complexity index is 728. The van der Waals surface area contributed by atoms with Gasteiger partial charge in [0, 0.05) is 25.7 Å². The molecular formula is C20H28N2O6. The van der Waals surface area contributed by atoms with Crippen molar-refractivity contribution in [2.45, 2.75) is 45.8 Å². The summed E-state index contributed by atoms with van der Waals surface area (Å²) >= 11 is 0. The Balaban J connectivity index is 1.92. The number of nitrogens with zero attached hydrogens (tertiary/aromatic N) is 2. The van der Waals surface area contributed by atoms with Gasteiger partial charge in [-0.1, -0.05) is 12.1 Å². The molecule has 2 rings (SSSR count). The first-order chi connectivity index (χ1) is 13.0. The zero-order valence-electron chi connectivity index (χ0n) is 16.8. The molecule has 0 saturated carbocycles. The van der Waals surface area contributed by atoms with Crippen LogP contribution >= 0.6 is 0 Å². The second-order valence-electron chi connectivity index (χ2n) is 7.87. The van der Waals surface area contributed by atoms with Crippen molar-refractivity contribution in [2.75, 3.05) is 26.2 Å². The Morgan fingerprint density at radius 1 is 1.21 bits per heavy atom. The number of piperazine rings is 1. The van der Waals surface area contributed by atoms with Crippen LogP contribution in [0.1, 0.15) is 33.3 Å². The number of carboxylic acids is 1. The predicted octanol–water partition coefficient (Wildman–Crippen LogP) is 2.16. The largest absolute Gasteiger partial charge is 0.482 e. The average Bonchev–Trinajstić information content (AvgIpc) is 2.58. The first-order valence-corrected chi connectivity index (χ1v) is 9.26. The van der Waals surface area contributed by atoms with Gasteiger partial charge in [-0.25, -0.2) is 9.59 Å². The molecule has 1 fully saturated rings. The Morgan fingerprint density at radius 2 is 1.93 bits per heavy atom. The van der Waals surface area contributed by atoms with Gasteiger partial charge in [0.05, 0.1) is 6.42 Å². The van der Waals surface area contributed by atoms with Crippen LogP contribution in [0, 0.1) is 0 Å². The summed E-state index contributed by atoms with van der Waals surface area (Å²) in [7, 11) is 0. The number of hydrogen-bond donors (Lipinski definition) is 1. The molecule has 1 aromatic carbocycles. The minimum Gasteiger partial charge on any atom is -0.482 e. The van der Waals surface area contributed by atoms with Gasteiger partial charge in [0.25, 0.3) is 0 Å². The molecule has 1 atom stereocenters.